The number of furan rings is 1. The Kier molecular flexibility index (Phi) is 4.96. The summed E-state index contributed by atoms with van der Waals surface area (Å²) in [6.07, 6.45) is 0.615. The van der Waals surface area contributed by atoms with E-state index in [1.807, 2.05) is 31.2 Å². The Morgan fingerprint density at radius 3 is 2.62 bits per heavy atom. The molecule has 1 saturated heterocycles. The maximum Gasteiger partial charge on any atom is 0.251 e. The number of rotatable bonds is 5. The molecule has 0 spiro atoms. The van der Waals surface area contributed by atoms with Crippen LogP contribution in [-0.4, -0.2) is 33.7 Å². The maximum atomic E-state index is 12.6. The summed E-state index contributed by atoms with van der Waals surface area (Å²) in [4.78, 5) is 12.6. The quantitative estimate of drug-likeness (QED) is 0.691. The fourth-order valence-corrected chi connectivity index (χ4v) is 5.05. The van der Waals surface area contributed by atoms with E-state index >= 15 is 0 Å². The van der Waals surface area contributed by atoms with Crippen molar-refractivity contribution in [2.75, 3.05) is 23.7 Å². The van der Waals surface area contributed by atoms with Crippen LogP contribution in [0, 0.1) is 0 Å². The minimum Gasteiger partial charge on any atom is -0.493 e. The number of para-hydroxylation sites is 1. The molecular formula is C21H22N2O5S. The van der Waals surface area contributed by atoms with E-state index in [1.165, 1.54) is 4.31 Å². The summed E-state index contributed by atoms with van der Waals surface area (Å²) >= 11 is 0. The number of hydrogen-bond acceptors (Lipinski definition) is 5. The Morgan fingerprint density at radius 2 is 1.97 bits per heavy atom. The summed E-state index contributed by atoms with van der Waals surface area (Å²) in [6.45, 7) is 2.31. The van der Waals surface area contributed by atoms with E-state index in [4.69, 9.17) is 9.15 Å². The zero-order valence-corrected chi connectivity index (χ0v) is 17.0. The number of hydrogen-bond donors (Lipinski definition) is 1. The lowest BCUT2D eigenvalue weighted by Gasteiger charge is -2.17. The van der Waals surface area contributed by atoms with Gasteiger partial charge in [-0.05, 0) is 49.7 Å². The second-order valence-electron chi connectivity index (χ2n) is 7.01. The smallest absolute Gasteiger partial charge is 0.251 e. The second-order valence-corrected chi connectivity index (χ2v) is 9.02. The molecule has 2 aromatic carbocycles. The van der Waals surface area contributed by atoms with Gasteiger partial charge in [0.05, 0.1) is 24.6 Å². The first kappa shape index (κ1) is 19.3. The standard InChI is InChI=1S/C21H22N2O5S/c1-14(19-13-16-5-3-6-18(27-2)20(16)28-19)22-21(24)15-7-9-17(10-8-15)23-11-4-12-29(23,25)26/h3,5-10,13-14H,4,11-12H2,1-2H3,(H,22,24). The molecule has 29 heavy (non-hydrogen) atoms. The highest BCUT2D eigenvalue weighted by Crippen LogP contribution is 2.31. The first-order chi connectivity index (χ1) is 13.9. The number of nitrogens with zero attached hydrogens (tertiary/aromatic N) is 1. The molecule has 7 nitrogen and oxygen atoms in total. The molecule has 2 heterocycles. The Balaban J connectivity index is 1.49. The normalized spacial score (nSPS) is 16.7. The molecule has 1 aromatic heterocycles. The van der Waals surface area contributed by atoms with Crippen molar-refractivity contribution in [3.63, 3.8) is 0 Å². The van der Waals surface area contributed by atoms with Gasteiger partial charge < -0.3 is 14.5 Å². The molecule has 0 bridgehead atoms. The van der Waals surface area contributed by atoms with Crippen LogP contribution in [-0.2, 0) is 10.0 Å². The van der Waals surface area contributed by atoms with Gasteiger partial charge in [0, 0.05) is 17.5 Å². The van der Waals surface area contributed by atoms with Crippen LogP contribution in [0.1, 0.15) is 35.5 Å². The average molecular weight is 414 g/mol. The lowest BCUT2D eigenvalue weighted by Crippen LogP contribution is -2.27. The van der Waals surface area contributed by atoms with Gasteiger partial charge in [0.1, 0.15) is 5.76 Å². The van der Waals surface area contributed by atoms with Gasteiger partial charge in [-0.1, -0.05) is 12.1 Å². The van der Waals surface area contributed by atoms with Gasteiger partial charge in [-0.25, -0.2) is 8.42 Å². The van der Waals surface area contributed by atoms with E-state index in [1.54, 1.807) is 31.4 Å². The number of sulfonamides is 1. The van der Waals surface area contributed by atoms with Crippen LogP contribution in [0.5, 0.6) is 5.75 Å². The van der Waals surface area contributed by atoms with Gasteiger partial charge in [0.15, 0.2) is 11.3 Å². The van der Waals surface area contributed by atoms with E-state index in [-0.39, 0.29) is 17.7 Å². The van der Waals surface area contributed by atoms with Gasteiger partial charge in [-0.2, -0.15) is 0 Å². The van der Waals surface area contributed by atoms with Gasteiger partial charge in [0.25, 0.3) is 5.91 Å². The van der Waals surface area contributed by atoms with E-state index in [9.17, 15) is 13.2 Å². The zero-order valence-electron chi connectivity index (χ0n) is 16.2. The Labute approximate surface area is 169 Å². The summed E-state index contributed by atoms with van der Waals surface area (Å²) in [5.74, 6) is 1.16. The SMILES string of the molecule is COc1cccc2cc(C(C)NC(=O)c3ccc(N4CCCS4(=O)=O)cc3)oc12. The number of carbonyl (C=O) groups is 1. The summed E-state index contributed by atoms with van der Waals surface area (Å²) in [5, 5.41) is 3.81. The topological polar surface area (TPSA) is 88.9 Å². The number of ether oxygens (including phenoxy) is 1. The van der Waals surface area contributed by atoms with Gasteiger partial charge >= 0.3 is 0 Å². The van der Waals surface area contributed by atoms with Crippen molar-refractivity contribution in [1.82, 2.24) is 5.32 Å². The van der Waals surface area contributed by atoms with Crippen LogP contribution in [0.2, 0.25) is 0 Å². The minimum absolute atomic E-state index is 0.162. The Bertz CT molecular complexity index is 1150. The number of nitrogens with one attached hydrogen (secondary N) is 1. The third-order valence-corrected chi connectivity index (χ3v) is 6.91. The molecule has 1 aliphatic rings. The van der Waals surface area contributed by atoms with Crippen LogP contribution in [0.15, 0.2) is 52.9 Å². The number of benzene rings is 2. The lowest BCUT2D eigenvalue weighted by atomic mass is 10.1. The summed E-state index contributed by atoms with van der Waals surface area (Å²) in [6, 6.07) is 13.7. The molecule has 1 aliphatic heterocycles. The van der Waals surface area contributed by atoms with Crippen LogP contribution < -0.4 is 14.4 Å². The van der Waals surface area contributed by atoms with Gasteiger partial charge in [0.2, 0.25) is 10.0 Å². The second kappa shape index (κ2) is 7.44. The maximum absolute atomic E-state index is 12.6. The molecule has 8 heteroatoms. The third kappa shape index (κ3) is 3.67. The van der Waals surface area contributed by atoms with Crippen LogP contribution in [0.3, 0.4) is 0 Å². The predicted molar refractivity (Wildman–Crippen MR) is 111 cm³/mol. The Hall–Kier alpha value is -3.00. The minimum atomic E-state index is -3.24. The first-order valence-electron chi connectivity index (χ1n) is 9.37. The molecule has 0 radical (unpaired) electrons. The van der Waals surface area contributed by atoms with E-state index in [0.717, 1.165) is 5.39 Å². The number of carbonyl (C=O) groups excluding carboxylic acids is 1. The van der Waals surface area contributed by atoms with Crippen molar-refractivity contribution < 1.29 is 22.4 Å². The molecule has 3 aromatic rings. The number of amides is 1. The molecule has 1 atom stereocenters. The van der Waals surface area contributed by atoms with E-state index in [2.05, 4.69) is 5.32 Å². The monoisotopic (exact) mass is 414 g/mol. The van der Waals surface area contributed by atoms with Gasteiger partial charge in [-0.3, -0.25) is 9.10 Å². The largest absolute Gasteiger partial charge is 0.493 e. The van der Waals surface area contributed by atoms with Crippen molar-refractivity contribution in [2.45, 2.75) is 19.4 Å². The van der Waals surface area contributed by atoms with Crippen LogP contribution in [0.25, 0.3) is 11.0 Å². The molecule has 4 rings (SSSR count). The zero-order chi connectivity index (χ0) is 20.6. The highest BCUT2D eigenvalue weighted by atomic mass is 32.2. The van der Waals surface area contributed by atoms with Crippen molar-refractivity contribution in [2.24, 2.45) is 0 Å². The van der Waals surface area contributed by atoms with Gasteiger partial charge in [-0.15, -0.1) is 0 Å². The molecule has 1 unspecified atom stereocenters. The number of fused-ring (bicyclic) bond motifs is 1. The molecule has 0 saturated carbocycles. The van der Waals surface area contributed by atoms with Crippen molar-refractivity contribution in [3.05, 3.63) is 59.9 Å². The first-order valence-corrected chi connectivity index (χ1v) is 11.0. The molecule has 1 amide bonds. The highest BCUT2D eigenvalue weighted by Gasteiger charge is 2.28. The summed E-state index contributed by atoms with van der Waals surface area (Å²) in [7, 11) is -1.65. The Morgan fingerprint density at radius 1 is 1.21 bits per heavy atom. The highest BCUT2D eigenvalue weighted by molar-refractivity contribution is 7.93. The van der Waals surface area contributed by atoms with Crippen molar-refractivity contribution in [1.29, 1.82) is 0 Å². The van der Waals surface area contributed by atoms with Crippen molar-refractivity contribution >= 4 is 32.6 Å². The van der Waals surface area contributed by atoms with E-state index in [0.29, 0.717) is 41.3 Å². The third-order valence-electron chi connectivity index (χ3n) is 5.04. The fourth-order valence-electron chi connectivity index (χ4n) is 3.49. The molecule has 1 fully saturated rings. The molecular weight excluding hydrogens is 392 g/mol. The molecule has 152 valence electrons. The molecule has 1 N–H and O–H groups in total. The van der Waals surface area contributed by atoms with Crippen LogP contribution in [0.4, 0.5) is 5.69 Å². The average Bonchev–Trinajstić information content (AvgIpc) is 3.30. The predicted octanol–water partition coefficient (Wildman–Crippen LogP) is 3.47. The number of methoxy groups -OCH3 is 1. The van der Waals surface area contributed by atoms with Crippen LogP contribution >= 0.6 is 0 Å². The number of anilines is 1. The van der Waals surface area contributed by atoms with E-state index < -0.39 is 10.0 Å². The molecule has 0 aliphatic carbocycles. The van der Waals surface area contributed by atoms with Crippen molar-refractivity contribution in [3.8, 4) is 5.75 Å². The summed E-state index contributed by atoms with van der Waals surface area (Å²) in [5.41, 5.74) is 1.67. The fraction of sp³-hybridized carbons (Fsp3) is 0.286. The summed E-state index contributed by atoms with van der Waals surface area (Å²) < 4.78 is 36.6. The lowest BCUT2D eigenvalue weighted by molar-refractivity contribution is 0.0935.